The van der Waals surface area contributed by atoms with Crippen LogP contribution in [0.1, 0.15) is 11.6 Å². The zero-order valence-corrected chi connectivity index (χ0v) is 20.8. The van der Waals surface area contributed by atoms with Crippen LogP contribution in [0, 0.1) is 0 Å². The molecule has 36 heavy (non-hydrogen) atoms. The number of halogens is 1. The van der Waals surface area contributed by atoms with E-state index in [0.717, 1.165) is 6.54 Å². The lowest BCUT2D eigenvalue weighted by atomic mass is 10.1. The van der Waals surface area contributed by atoms with E-state index in [9.17, 15) is 5.11 Å². The van der Waals surface area contributed by atoms with E-state index >= 15 is 0 Å². The number of fused-ring (bicyclic) bond motifs is 3. The molecule has 3 aromatic rings. The second-order valence-electron chi connectivity index (χ2n) is 9.20. The van der Waals surface area contributed by atoms with Crippen LogP contribution in [0.5, 0.6) is 6.01 Å². The molecule has 3 unspecified atom stereocenters. The van der Waals surface area contributed by atoms with Gasteiger partial charge in [0.1, 0.15) is 24.1 Å². The van der Waals surface area contributed by atoms with Crippen LogP contribution < -0.4 is 15.1 Å². The third kappa shape index (κ3) is 4.15. The summed E-state index contributed by atoms with van der Waals surface area (Å²) in [5, 5.41) is 18.3. The number of ether oxygens (including phenoxy) is 4. The Kier molecular flexibility index (Phi) is 6.36. The van der Waals surface area contributed by atoms with Crippen molar-refractivity contribution < 1.29 is 24.1 Å². The van der Waals surface area contributed by atoms with Gasteiger partial charge in [0.05, 0.1) is 48.6 Å². The normalized spacial score (nSPS) is 27.6. The molecule has 3 aliphatic heterocycles. The standard InChI is InChI=1S/C24H29ClN6O5/c1-30-17(13-5-3-4-6-16(13)31(30)7-8-33-2)10-26-22-14(25)9-15-23(28-22)29-24(27-15)36-19-12-35-20-18(32)11-34-21(19)20/h3-6,9,17-21,32H,7-8,10-12H2,1-2H3,(H2,26,27,28,29)/t17?,18-,19-,20?,21?/m1/s1. The molecule has 5 heterocycles. The summed E-state index contributed by atoms with van der Waals surface area (Å²) in [7, 11) is 3.78. The number of aromatic amines is 1. The molecule has 11 nitrogen and oxygen atoms in total. The van der Waals surface area contributed by atoms with Crippen molar-refractivity contribution in [2.75, 3.05) is 57.4 Å². The van der Waals surface area contributed by atoms with Crippen LogP contribution in [-0.2, 0) is 14.2 Å². The predicted octanol–water partition coefficient (Wildman–Crippen LogP) is 1.98. The molecule has 6 rings (SSSR count). The second-order valence-corrected chi connectivity index (χ2v) is 9.60. The molecule has 5 atom stereocenters. The molecule has 2 fully saturated rings. The molecule has 0 bridgehead atoms. The van der Waals surface area contributed by atoms with Crippen LogP contribution in [0.3, 0.4) is 0 Å². The molecule has 2 aromatic heterocycles. The zero-order chi connectivity index (χ0) is 24.8. The summed E-state index contributed by atoms with van der Waals surface area (Å²) >= 11 is 6.57. The number of nitrogens with one attached hydrogen (secondary N) is 2. The Balaban J connectivity index is 1.17. The highest BCUT2D eigenvalue weighted by Crippen LogP contribution is 2.39. The Hall–Kier alpha value is -2.67. The number of aromatic nitrogens is 3. The highest BCUT2D eigenvalue weighted by Gasteiger charge is 2.48. The number of hydrazine groups is 1. The summed E-state index contributed by atoms with van der Waals surface area (Å²) in [5.74, 6) is 0.551. The van der Waals surface area contributed by atoms with E-state index in [1.807, 2.05) is 6.07 Å². The zero-order valence-electron chi connectivity index (χ0n) is 20.1. The van der Waals surface area contributed by atoms with Crippen molar-refractivity contribution in [2.45, 2.75) is 30.5 Å². The fourth-order valence-electron chi connectivity index (χ4n) is 5.20. The van der Waals surface area contributed by atoms with Crippen LogP contribution in [0.4, 0.5) is 11.5 Å². The van der Waals surface area contributed by atoms with Crippen LogP contribution in [0.15, 0.2) is 30.3 Å². The maximum atomic E-state index is 9.94. The number of aliphatic hydroxyl groups excluding tert-OH is 1. The first kappa shape index (κ1) is 23.7. The average Bonchev–Trinajstić information content (AvgIpc) is 3.61. The van der Waals surface area contributed by atoms with Crippen LogP contribution >= 0.6 is 11.6 Å². The number of H-pyrrole nitrogens is 1. The van der Waals surface area contributed by atoms with Crippen molar-refractivity contribution in [1.29, 1.82) is 0 Å². The van der Waals surface area contributed by atoms with E-state index in [0.29, 0.717) is 47.8 Å². The van der Waals surface area contributed by atoms with Gasteiger partial charge >= 0.3 is 0 Å². The largest absolute Gasteiger partial charge is 0.456 e. The van der Waals surface area contributed by atoms with Crippen LogP contribution in [0.25, 0.3) is 11.2 Å². The van der Waals surface area contributed by atoms with Gasteiger partial charge < -0.3 is 39.4 Å². The Labute approximate surface area is 213 Å². The Bertz CT molecular complexity index is 1240. The number of rotatable bonds is 8. The maximum absolute atomic E-state index is 9.94. The number of benzene rings is 1. The molecular weight excluding hydrogens is 488 g/mol. The van der Waals surface area contributed by atoms with Crippen LogP contribution in [-0.4, -0.2) is 96.6 Å². The van der Waals surface area contributed by atoms with Crippen molar-refractivity contribution >= 4 is 34.3 Å². The van der Waals surface area contributed by atoms with Crippen molar-refractivity contribution in [3.63, 3.8) is 0 Å². The molecule has 0 aliphatic carbocycles. The highest BCUT2D eigenvalue weighted by molar-refractivity contribution is 6.33. The summed E-state index contributed by atoms with van der Waals surface area (Å²) < 4.78 is 22.5. The van der Waals surface area contributed by atoms with Gasteiger partial charge in [-0.25, -0.2) is 9.99 Å². The molecule has 3 aliphatic rings. The molecule has 192 valence electrons. The van der Waals surface area contributed by atoms with Gasteiger partial charge in [-0.05, 0) is 17.7 Å². The Morgan fingerprint density at radius 1 is 1.22 bits per heavy atom. The number of aliphatic hydroxyl groups is 1. The first-order valence-corrected chi connectivity index (χ1v) is 12.4. The number of hydrogen-bond donors (Lipinski definition) is 3. The molecule has 12 heteroatoms. The average molecular weight is 517 g/mol. The number of pyridine rings is 1. The number of para-hydroxylation sites is 1. The first-order valence-electron chi connectivity index (χ1n) is 12.0. The Morgan fingerprint density at radius 3 is 2.92 bits per heavy atom. The highest BCUT2D eigenvalue weighted by atomic mass is 35.5. The molecule has 0 amide bonds. The van der Waals surface area contributed by atoms with Gasteiger partial charge in [0.2, 0.25) is 0 Å². The fraction of sp³-hybridized carbons (Fsp3) is 0.500. The number of methoxy groups -OCH3 is 1. The van der Waals surface area contributed by atoms with Crippen molar-refractivity contribution in [2.24, 2.45) is 0 Å². The van der Waals surface area contributed by atoms with Gasteiger partial charge in [-0.3, -0.25) is 0 Å². The minimum atomic E-state index is -0.633. The van der Waals surface area contributed by atoms with E-state index in [-0.39, 0.29) is 31.0 Å². The lowest BCUT2D eigenvalue weighted by molar-refractivity contribution is 0.00706. The van der Waals surface area contributed by atoms with Gasteiger partial charge in [-0.1, -0.05) is 29.8 Å². The van der Waals surface area contributed by atoms with Gasteiger partial charge in [0, 0.05) is 20.7 Å². The first-order chi connectivity index (χ1) is 17.5. The summed E-state index contributed by atoms with van der Waals surface area (Å²) in [6.45, 7) is 2.56. The SMILES string of the molecule is COCCN1c2ccccc2C(CNc2nc3nc(O[C@@H]4COC5C4OC[C@H]5O)[nH]c3cc2Cl)N1C. The van der Waals surface area contributed by atoms with Crippen molar-refractivity contribution in [3.8, 4) is 6.01 Å². The van der Waals surface area contributed by atoms with Crippen molar-refractivity contribution in [1.82, 2.24) is 20.0 Å². The quantitative estimate of drug-likeness (QED) is 0.410. The molecule has 2 saturated heterocycles. The molecule has 3 N–H and O–H groups in total. The monoisotopic (exact) mass is 516 g/mol. The smallest absolute Gasteiger partial charge is 0.296 e. The molecule has 0 spiro atoms. The minimum Gasteiger partial charge on any atom is -0.456 e. The van der Waals surface area contributed by atoms with E-state index in [2.05, 4.69) is 55.5 Å². The van der Waals surface area contributed by atoms with Gasteiger partial charge in [0.25, 0.3) is 6.01 Å². The third-order valence-electron chi connectivity index (χ3n) is 7.03. The lowest BCUT2D eigenvalue weighted by Gasteiger charge is -2.30. The number of nitrogens with zero attached hydrogens (tertiary/aromatic N) is 4. The number of imidazole rings is 1. The maximum Gasteiger partial charge on any atom is 0.296 e. The minimum absolute atomic E-state index is 0.0989. The number of hydrogen-bond acceptors (Lipinski definition) is 10. The second kappa shape index (κ2) is 9.66. The molecule has 1 aromatic carbocycles. The van der Waals surface area contributed by atoms with Gasteiger partial charge in [0.15, 0.2) is 11.8 Å². The molecular formula is C24H29ClN6O5. The number of anilines is 2. The van der Waals surface area contributed by atoms with Crippen LogP contribution in [0.2, 0.25) is 5.02 Å². The Morgan fingerprint density at radius 2 is 2.06 bits per heavy atom. The van der Waals surface area contributed by atoms with E-state index < -0.39 is 6.10 Å². The van der Waals surface area contributed by atoms with Gasteiger partial charge in [-0.15, -0.1) is 0 Å². The van der Waals surface area contributed by atoms with Gasteiger partial charge in [-0.2, -0.15) is 4.98 Å². The fourth-order valence-corrected chi connectivity index (χ4v) is 5.42. The number of likely N-dealkylation sites (N-methyl/N-ethyl adjacent to an activating group) is 1. The summed E-state index contributed by atoms with van der Waals surface area (Å²) in [5.41, 5.74) is 3.55. The summed E-state index contributed by atoms with van der Waals surface area (Å²) in [6.07, 6.45) is -1.69. The summed E-state index contributed by atoms with van der Waals surface area (Å²) in [6, 6.07) is 10.6. The summed E-state index contributed by atoms with van der Waals surface area (Å²) in [4.78, 5) is 12.2. The van der Waals surface area contributed by atoms with E-state index in [1.165, 1.54) is 11.3 Å². The molecule has 0 saturated carbocycles. The molecule has 0 radical (unpaired) electrons. The van der Waals surface area contributed by atoms with Crippen molar-refractivity contribution in [3.05, 3.63) is 40.9 Å². The topological polar surface area (TPSA) is 117 Å². The van der Waals surface area contributed by atoms with E-state index in [1.54, 1.807) is 13.2 Å². The third-order valence-corrected chi connectivity index (χ3v) is 7.31. The van der Waals surface area contributed by atoms with E-state index in [4.69, 9.17) is 30.5 Å². The predicted molar refractivity (Wildman–Crippen MR) is 133 cm³/mol. The lowest BCUT2D eigenvalue weighted by Crippen LogP contribution is -2.40.